The van der Waals surface area contributed by atoms with Crippen LogP contribution < -0.4 is 0 Å². The third-order valence-corrected chi connectivity index (χ3v) is 1.18. The predicted molar refractivity (Wildman–Crippen MR) is 39.8 cm³/mol. The maximum atomic E-state index is 8.27. The molecule has 54 valence electrons. The van der Waals surface area contributed by atoms with Crippen LogP contribution in [-0.2, 0) is 13.5 Å². The van der Waals surface area contributed by atoms with Gasteiger partial charge in [-0.3, -0.25) is 0 Å². The van der Waals surface area contributed by atoms with E-state index in [1.165, 1.54) is 0 Å². The number of hydrogen-bond acceptors (Lipinski definition) is 2. The Kier molecular flexibility index (Phi) is 3.52. The van der Waals surface area contributed by atoms with Crippen molar-refractivity contribution in [3.05, 3.63) is 18.2 Å². The minimum Gasteiger partial charge on any atom is -0.337 e. The topological polar surface area (TPSA) is 41.6 Å². The molecule has 1 rings (SSSR count). The average Bonchev–Trinajstić information content (AvgIpc) is 2.18. The molecule has 0 atom stereocenters. The van der Waals surface area contributed by atoms with Crippen LogP contribution >= 0.6 is 12.4 Å². The Morgan fingerprint density at radius 1 is 1.80 bits per heavy atom. The summed E-state index contributed by atoms with van der Waals surface area (Å²) in [5.41, 5.74) is 0.956. The quantitative estimate of drug-likeness (QED) is 0.608. The molecule has 0 bridgehead atoms. The zero-order chi connectivity index (χ0) is 6.69. The lowest BCUT2D eigenvalue weighted by Gasteiger charge is -1.91. The van der Waals surface area contributed by atoms with Crippen molar-refractivity contribution in [1.29, 1.82) is 5.26 Å². The molecule has 0 radical (unpaired) electrons. The standard InChI is InChI=1S/C6H7N3.ClH/c1-9-5-8-4-6(9)2-3-7;/h4-5H,2H2,1H3;1H. The van der Waals surface area contributed by atoms with Crippen molar-refractivity contribution in [2.24, 2.45) is 7.05 Å². The first-order chi connectivity index (χ1) is 4.34. The first-order valence-electron chi connectivity index (χ1n) is 2.66. The van der Waals surface area contributed by atoms with Gasteiger partial charge in [-0.25, -0.2) is 4.98 Å². The van der Waals surface area contributed by atoms with E-state index < -0.39 is 0 Å². The monoisotopic (exact) mass is 157 g/mol. The van der Waals surface area contributed by atoms with E-state index in [9.17, 15) is 0 Å². The highest BCUT2D eigenvalue weighted by Crippen LogP contribution is 1.94. The number of hydrogen-bond donors (Lipinski definition) is 0. The fourth-order valence-corrected chi connectivity index (χ4v) is 0.636. The summed E-state index contributed by atoms with van der Waals surface area (Å²) in [5.74, 6) is 0. The van der Waals surface area contributed by atoms with Gasteiger partial charge in [0, 0.05) is 13.2 Å². The van der Waals surface area contributed by atoms with Crippen LogP contribution in [0.1, 0.15) is 5.69 Å². The summed E-state index contributed by atoms with van der Waals surface area (Å²) < 4.78 is 1.84. The van der Waals surface area contributed by atoms with Crippen LogP contribution in [0.2, 0.25) is 0 Å². The lowest BCUT2D eigenvalue weighted by atomic mass is 10.4. The molecule has 0 amide bonds. The summed E-state index contributed by atoms with van der Waals surface area (Å²) in [4.78, 5) is 3.85. The third kappa shape index (κ3) is 1.74. The number of imidazole rings is 1. The van der Waals surface area contributed by atoms with Crippen LogP contribution in [0.5, 0.6) is 0 Å². The number of aromatic nitrogens is 2. The summed E-state index contributed by atoms with van der Waals surface area (Å²) in [6.07, 6.45) is 3.83. The smallest absolute Gasteiger partial charge is 0.0945 e. The van der Waals surface area contributed by atoms with Crippen molar-refractivity contribution in [1.82, 2.24) is 9.55 Å². The molecule has 0 spiro atoms. The molecule has 4 heteroatoms. The highest BCUT2D eigenvalue weighted by molar-refractivity contribution is 5.85. The van der Waals surface area contributed by atoms with Crippen molar-refractivity contribution in [2.45, 2.75) is 6.42 Å². The van der Waals surface area contributed by atoms with E-state index in [1.54, 1.807) is 12.5 Å². The Bertz CT molecular complexity index is 235. The van der Waals surface area contributed by atoms with Crippen molar-refractivity contribution in [3.8, 4) is 6.07 Å². The molecular formula is C6H8ClN3. The second-order valence-corrected chi connectivity index (χ2v) is 1.83. The normalized spacial score (nSPS) is 8.00. The van der Waals surface area contributed by atoms with E-state index in [2.05, 4.69) is 11.1 Å². The van der Waals surface area contributed by atoms with E-state index in [-0.39, 0.29) is 12.4 Å². The fraction of sp³-hybridized carbons (Fsp3) is 0.333. The number of aryl methyl sites for hydroxylation is 1. The SMILES string of the molecule is Cl.Cn1cncc1CC#N. The number of nitriles is 1. The van der Waals surface area contributed by atoms with Crippen molar-refractivity contribution in [2.75, 3.05) is 0 Å². The summed E-state index contributed by atoms with van der Waals surface area (Å²) in [6.45, 7) is 0. The Balaban J connectivity index is 0.000000810. The molecule has 0 aliphatic heterocycles. The third-order valence-electron chi connectivity index (χ3n) is 1.18. The van der Waals surface area contributed by atoms with Crippen molar-refractivity contribution >= 4 is 12.4 Å². The molecule has 3 nitrogen and oxygen atoms in total. The molecule has 0 saturated carbocycles. The van der Waals surface area contributed by atoms with Gasteiger partial charge in [-0.2, -0.15) is 5.26 Å². The van der Waals surface area contributed by atoms with Crippen LogP contribution in [0.4, 0.5) is 0 Å². The van der Waals surface area contributed by atoms with E-state index >= 15 is 0 Å². The summed E-state index contributed by atoms with van der Waals surface area (Å²) in [5, 5.41) is 8.27. The predicted octanol–water partition coefficient (Wildman–Crippen LogP) is 0.908. The van der Waals surface area contributed by atoms with Crippen molar-refractivity contribution < 1.29 is 0 Å². The highest BCUT2D eigenvalue weighted by Gasteiger charge is 1.93. The molecule has 0 aromatic carbocycles. The lowest BCUT2D eigenvalue weighted by Crippen LogP contribution is -1.91. The van der Waals surface area contributed by atoms with Crippen molar-refractivity contribution in [3.63, 3.8) is 0 Å². The van der Waals surface area contributed by atoms with Gasteiger partial charge in [-0.05, 0) is 0 Å². The molecule has 1 aromatic rings. The van der Waals surface area contributed by atoms with E-state index in [0.717, 1.165) is 5.69 Å². The fourth-order valence-electron chi connectivity index (χ4n) is 0.636. The molecule has 1 aromatic heterocycles. The minimum absolute atomic E-state index is 0. The first kappa shape index (κ1) is 8.99. The van der Waals surface area contributed by atoms with Gasteiger partial charge >= 0.3 is 0 Å². The summed E-state index contributed by atoms with van der Waals surface area (Å²) >= 11 is 0. The van der Waals surface area contributed by atoms with Gasteiger partial charge in [0.25, 0.3) is 0 Å². The largest absolute Gasteiger partial charge is 0.337 e. The van der Waals surface area contributed by atoms with Gasteiger partial charge in [0.1, 0.15) is 0 Å². The van der Waals surface area contributed by atoms with Crippen LogP contribution in [0.3, 0.4) is 0 Å². The zero-order valence-electron chi connectivity index (χ0n) is 5.61. The average molecular weight is 158 g/mol. The molecule has 0 aliphatic rings. The molecule has 0 aliphatic carbocycles. The Morgan fingerprint density at radius 2 is 2.50 bits per heavy atom. The molecule has 0 saturated heterocycles. The zero-order valence-corrected chi connectivity index (χ0v) is 6.43. The number of rotatable bonds is 1. The maximum Gasteiger partial charge on any atom is 0.0945 e. The maximum absolute atomic E-state index is 8.27. The van der Waals surface area contributed by atoms with Crippen LogP contribution in [0.15, 0.2) is 12.5 Å². The van der Waals surface area contributed by atoms with Crippen LogP contribution in [-0.4, -0.2) is 9.55 Å². The van der Waals surface area contributed by atoms with Gasteiger partial charge in [0.15, 0.2) is 0 Å². The summed E-state index contributed by atoms with van der Waals surface area (Å²) in [7, 11) is 1.87. The van der Waals surface area contributed by atoms with E-state index in [4.69, 9.17) is 5.26 Å². The van der Waals surface area contributed by atoms with Gasteiger partial charge in [0.2, 0.25) is 0 Å². The molecule has 10 heavy (non-hydrogen) atoms. The Labute approximate surface area is 65.7 Å². The molecule has 1 heterocycles. The minimum atomic E-state index is 0. The van der Waals surface area contributed by atoms with Gasteiger partial charge in [-0.15, -0.1) is 12.4 Å². The van der Waals surface area contributed by atoms with Crippen LogP contribution in [0.25, 0.3) is 0 Å². The van der Waals surface area contributed by atoms with E-state index in [0.29, 0.717) is 6.42 Å². The van der Waals surface area contributed by atoms with E-state index in [1.807, 2.05) is 11.6 Å². The molecular weight excluding hydrogens is 150 g/mol. The van der Waals surface area contributed by atoms with Gasteiger partial charge in [-0.1, -0.05) is 0 Å². The second-order valence-electron chi connectivity index (χ2n) is 1.83. The van der Waals surface area contributed by atoms with Crippen LogP contribution in [0, 0.1) is 11.3 Å². The molecule has 0 fully saturated rings. The number of nitrogens with zero attached hydrogens (tertiary/aromatic N) is 3. The first-order valence-corrected chi connectivity index (χ1v) is 2.66. The lowest BCUT2D eigenvalue weighted by molar-refractivity contribution is 0.854. The van der Waals surface area contributed by atoms with Gasteiger partial charge in [0.05, 0.1) is 24.5 Å². The Hall–Kier alpha value is -1.01. The summed E-state index contributed by atoms with van der Waals surface area (Å²) in [6, 6.07) is 2.05. The second kappa shape index (κ2) is 3.91. The Morgan fingerprint density at radius 3 is 2.90 bits per heavy atom. The number of halogens is 1. The molecule has 0 unspecified atom stereocenters. The highest BCUT2D eigenvalue weighted by atomic mass is 35.5. The molecule has 0 N–H and O–H groups in total. The van der Waals surface area contributed by atoms with Gasteiger partial charge < -0.3 is 4.57 Å².